The molecule has 1 amide bonds. The van der Waals surface area contributed by atoms with E-state index in [4.69, 9.17) is 0 Å². The number of halogens is 3. The standard InChI is InChI=1S/C24H28F3N7O/c1-16(17-4-3-5-18(12-17)24(25,26)27)34(19-6-7-19)14-21(35)32-8-10-33(11-9-32)23-20-13-30-31(2)22(20)28-15-29-23/h3-5,12-13,15-16,19H,6-11,14H2,1-2H3. The number of fused-ring (bicyclic) bond motifs is 1. The van der Waals surface area contributed by atoms with Gasteiger partial charge >= 0.3 is 6.18 Å². The summed E-state index contributed by atoms with van der Waals surface area (Å²) in [5.74, 6) is 0.817. The number of benzene rings is 1. The van der Waals surface area contributed by atoms with Crippen LogP contribution in [-0.2, 0) is 18.0 Å². The van der Waals surface area contributed by atoms with E-state index in [2.05, 4.69) is 20.0 Å². The summed E-state index contributed by atoms with van der Waals surface area (Å²) in [5.41, 5.74) is 0.679. The van der Waals surface area contributed by atoms with Gasteiger partial charge in [-0.25, -0.2) is 9.97 Å². The first-order valence-corrected chi connectivity index (χ1v) is 11.8. The summed E-state index contributed by atoms with van der Waals surface area (Å²) in [5, 5.41) is 5.14. The minimum Gasteiger partial charge on any atom is -0.352 e. The highest BCUT2D eigenvalue weighted by Crippen LogP contribution is 2.36. The zero-order chi connectivity index (χ0) is 24.7. The van der Waals surface area contributed by atoms with E-state index in [0.717, 1.165) is 35.8 Å². The molecule has 35 heavy (non-hydrogen) atoms. The lowest BCUT2D eigenvalue weighted by Crippen LogP contribution is -2.52. The predicted molar refractivity (Wildman–Crippen MR) is 125 cm³/mol. The molecule has 0 spiro atoms. The fourth-order valence-corrected chi connectivity index (χ4v) is 4.78. The van der Waals surface area contributed by atoms with Crippen molar-refractivity contribution in [3.63, 3.8) is 0 Å². The second-order valence-electron chi connectivity index (χ2n) is 9.27. The lowest BCUT2D eigenvalue weighted by molar-refractivity contribution is -0.138. The van der Waals surface area contributed by atoms with Crippen LogP contribution in [0.1, 0.15) is 36.9 Å². The third-order valence-electron chi connectivity index (χ3n) is 6.97. The highest BCUT2D eigenvalue weighted by Gasteiger charge is 2.37. The number of carbonyl (C=O) groups is 1. The number of hydrogen-bond acceptors (Lipinski definition) is 6. The molecule has 1 saturated carbocycles. The lowest BCUT2D eigenvalue weighted by atomic mass is 10.0. The van der Waals surface area contributed by atoms with E-state index < -0.39 is 11.7 Å². The first-order chi connectivity index (χ1) is 16.7. The number of hydrogen-bond donors (Lipinski definition) is 0. The molecule has 2 fully saturated rings. The first kappa shape index (κ1) is 23.5. The zero-order valence-corrected chi connectivity index (χ0v) is 19.7. The molecule has 5 rings (SSSR count). The van der Waals surface area contributed by atoms with Crippen LogP contribution in [0.5, 0.6) is 0 Å². The second-order valence-corrected chi connectivity index (χ2v) is 9.27. The zero-order valence-electron chi connectivity index (χ0n) is 19.7. The van der Waals surface area contributed by atoms with E-state index in [0.29, 0.717) is 31.7 Å². The Hall–Kier alpha value is -3.21. The molecule has 3 heterocycles. The van der Waals surface area contributed by atoms with Crippen molar-refractivity contribution in [1.29, 1.82) is 0 Å². The fourth-order valence-electron chi connectivity index (χ4n) is 4.78. The van der Waals surface area contributed by atoms with E-state index in [-0.39, 0.29) is 24.5 Å². The van der Waals surface area contributed by atoms with Gasteiger partial charge < -0.3 is 9.80 Å². The molecule has 186 valence electrons. The van der Waals surface area contributed by atoms with Crippen molar-refractivity contribution in [3.05, 3.63) is 47.9 Å². The molecule has 1 aliphatic carbocycles. The van der Waals surface area contributed by atoms with Crippen LogP contribution in [0.25, 0.3) is 11.0 Å². The molecule has 0 N–H and O–H groups in total. The number of piperazine rings is 1. The van der Waals surface area contributed by atoms with Crippen LogP contribution in [0.15, 0.2) is 36.8 Å². The van der Waals surface area contributed by atoms with Gasteiger partial charge in [-0.3, -0.25) is 14.4 Å². The second kappa shape index (κ2) is 9.10. The van der Waals surface area contributed by atoms with Gasteiger partial charge in [0.1, 0.15) is 12.1 Å². The average Bonchev–Trinajstić information content (AvgIpc) is 3.63. The highest BCUT2D eigenvalue weighted by molar-refractivity contribution is 5.87. The molecular weight excluding hydrogens is 459 g/mol. The molecule has 2 aromatic heterocycles. The molecule has 3 aromatic rings. The Morgan fingerprint density at radius 2 is 1.91 bits per heavy atom. The minimum atomic E-state index is -4.39. The molecule has 1 saturated heterocycles. The molecule has 1 atom stereocenters. The van der Waals surface area contributed by atoms with Gasteiger partial charge in [0.25, 0.3) is 0 Å². The molecular formula is C24H28F3N7O. The van der Waals surface area contributed by atoms with Gasteiger partial charge in [0.15, 0.2) is 5.65 Å². The van der Waals surface area contributed by atoms with Crippen LogP contribution < -0.4 is 4.90 Å². The maximum atomic E-state index is 13.2. The topological polar surface area (TPSA) is 70.4 Å². The molecule has 11 heteroatoms. The largest absolute Gasteiger partial charge is 0.416 e. The Labute approximate surface area is 201 Å². The third-order valence-corrected chi connectivity index (χ3v) is 6.97. The van der Waals surface area contributed by atoms with Crippen LogP contribution in [0, 0.1) is 0 Å². The minimum absolute atomic E-state index is 0.00425. The number of aromatic nitrogens is 4. The van der Waals surface area contributed by atoms with Gasteiger partial charge in [-0.2, -0.15) is 18.3 Å². The van der Waals surface area contributed by atoms with Gasteiger partial charge in [0, 0.05) is 45.3 Å². The maximum Gasteiger partial charge on any atom is 0.416 e. The summed E-state index contributed by atoms with van der Waals surface area (Å²) >= 11 is 0. The number of amides is 1. The van der Waals surface area contributed by atoms with Crippen LogP contribution in [0.2, 0.25) is 0 Å². The molecule has 1 aromatic carbocycles. The Morgan fingerprint density at radius 1 is 1.17 bits per heavy atom. The summed E-state index contributed by atoms with van der Waals surface area (Å²) in [4.78, 5) is 28.0. The molecule has 0 radical (unpaired) electrons. The monoisotopic (exact) mass is 487 g/mol. The number of aryl methyl sites for hydroxylation is 1. The third kappa shape index (κ3) is 4.82. The smallest absolute Gasteiger partial charge is 0.352 e. The number of carbonyl (C=O) groups excluding carboxylic acids is 1. The molecule has 2 aliphatic rings. The van der Waals surface area contributed by atoms with Crippen LogP contribution in [-0.4, -0.2) is 74.2 Å². The molecule has 8 nitrogen and oxygen atoms in total. The van der Waals surface area contributed by atoms with Gasteiger partial charge in [-0.05, 0) is 37.5 Å². The van der Waals surface area contributed by atoms with E-state index in [1.54, 1.807) is 16.9 Å². The number of alkyl halides is 3. The first-order valence-electron chi connectivity index (χ1n) is 11.8. The Balaban J connectivity index is 1.24. The summed E-state index contributed by atoms with van der Waals surface area (Å²) in [6, 6.07) is 5.37. The van der Waals surface area contributed by atoms with Crippen LogP contribution >= 0.6 is 0 Å². The number of rotatable bonds is 6. The Morgan fingerprint density at radius 3 is 2.60 bits per heavy atom. The van der Waals surface area contributed by atoms with E-state index >= 15 is 0 Å². The number of nitrogens with zero attached hydrogens (tertiary/aromatic N) is 7. The van der Waals surface area contributed by atoms with E-state index in [1.807, 2.05) is 23.8 Å². The van der Waals surface area contributed by atoms with Crippen molar-refractivity contribution >= 4 is 22.8 Å². The van der Waals surface area contributed by atoms with Gasteiger partial charge in [-0.1, -0.05) is 12.1 Å². The molecule has 1 unspecified atom stereocenters. The van der Waals surface area contributed by atoms with Gasteiger partial charge in [0.2, 0.25) is 5.91 Å². The summed E-state index contributed by atoms with van der Waals surface area (Å²) in [6.07, 6.45) is 0.809. The summed E-state index contributed by atoms with van der Waals surface area (Å²) in [6.45, 7) is 4.47. The normalized spacial score (nSPS) is 17.9. The van der Waals surface area contributed by atoms with Crippen molar-refractivity contribution in [2.24, 2.45) is 7.05 Å². The Bertz CT molecular complexity index is 1220. The predicted octanol–water partition coefficient (Wildman–Crippen LogP) is 3.26. The van der Waals surface area contributed by atoms with Crippen molar-refractivity contribution in [2.45, 2.75) is 38.0 Å². The van der Waals surface area contributed by atoms with Crippen molar-refractivity contribution in [1.82, 2.24) is 29.5 Å². The summed E-state index contributed by atoms with van der Waals surface area (Å²) < 4.78 is 41.3. The van der Waals surface area contributed by atoms with Crippen molar-refractivity contribution in [2.75, 3.05) is 37.6 Å². The molecule has 0 bridgehead atoms. The average molecular weight is 488 g/mol. The van der Waals surface area contributed by atoms with Crippen LogP contribution in [0.3, 0.4) is 0 Å². The number of anilines is 1. The quantitative estimate of drug-likeness (QED) is 0.532. The van der Waals surface area contributed by atoms with Gasteiger partial charge in [0.05, 0.1) is 23.7 Å². The highest BCUT2D eigenvalue weighted by atomic mass is 19.4. The summed E-state index contributed by atoms with van der Waals surface area (Å²) in [7, 11) is 1.84. The van der Waals surface area contributed by atoms with Crippen molar-refractivity contribution < 1.29 is 18.0 Å². The van der Waals surface area contributed by atoms with E-state index in [1.165, 1.54) is 18.5 Å². The van der Waals surface area contributed by atoms with E-state index in [9.17, 15) is 18.0 Å². The lowest BCUT2D eigenvalue weighted by Gasteiger charge is -2.37. The SMILES string of the molecule is CC(c1cccc(C(F)(F)F)c1)N(CC(=O)N1CCN(c2ncnc3c2cnn3C)CC1)C1CC1. The van der Waals surface area contributed by atoms with Crippen LogP contribution in [0.4, 0.5) is 19.0 Å². The fraction of sp³-hybridized carbons (Fsp3) is 0.500. The maximum absolute atomic E-state index is 13.2. The Kier molecular flexibility index (Phi) is 6.12. The molecule has 1 aliphatic heterocycles. The van der Waals surface area contributed by atoms with Crippen molar-refractivity contribution in [3.8, 4) is 0 Å². The van der Waals surface area contributed by atoms with Gasteiger partial charge in [-0.15, -0.1) is 0 Å².